The highest BCUT2D eigenvalue weighted by molar-refractivity contribution is 8.14. The summed E-state index contributed by atoms with van der Waals surface area (Å²) < 4.78 is 5.15. The molecule has 0 bridgehead atoms. The number of ether oxygens (including phenoxy) is 1. The molecular formula is C24H35N3O7S. The van der Waals surface area contributed by atoms with Crippen LogP contribution < -0.4 is 20.7 Å². The molecule has 4 N–H and O–H groups in total. The Morgan fingerprint density at radius 2 is 1.69 bits per heavy atom. The fraction of sp³-hybridized carbons (Fsp3) is 0.542. The summed E-state index contributed by atoms with van der Waals surface area (Å²) >= 11 is 0.867. The highest BCUT2D eigenvalue weighted by Gasteiger charge is 2.34. The van der Waals surface area contributed by atoms with Gasteiger partial charge in [-0.1, -0.05) is 37.7 Å². The summed E-state index contributed by atoms with van der Waals surface area (Å²) in [4.78, 5) is 61.0. The minimum Gasteiger partial charge on any atom is -0.497 e. The number of likely N-dealkylation sites (N-methyl/N-ethyl adjacent to an activating group) is 1. The van der Waals surface area contributed by atoms with E-state index in [2.05, 4.69) is 16.0 Å². The second-order valence-corrected chi connectivity index (χ2v) is 9.90. The largest absolute Gasteiger partial charge is 0.497 e. The van der Waals surface area contributed by atoms with Crippen molar-refractivity contribution in [2.24, 2.45) is 11.8 Å². The van der Waals surface area contributed by atoms with Crippen LogP contribution in [0.25, 0.3) is 0 Å². The number of carbonyl (C=O) groups is 5. The normalized spacial score (nSPS) is 13.3. The first-order valence-electron chi connectivity index (χ1n) is 11.3. The monoisotopic (exact) mass is 509 g/mol. The lowest BCUT2D eigenvalue weighted by molar-refractivity contribution is -0.138. The van der Waals surface area contributed by atoms with Crippen molar-refractivity contribution in [3.05, 3.63) is 29.8 Å². The first-order valence-corrected chi connectivity index (χ1v) is 12.1. The Morgan fingerprint density at radius 3 is 2.17 bits per heavy atom. The van der Waals surface area contributed by atoms with Crippen molar-refractivity contribution in [2.45, 2.75) is 51.3 Å². The number of benzene rings is 1. The minimum absolute atomic E-state index is 0.0583. The molecule has 3 amide bonds. The Hall–Kier alpha value is -3.08. The van der Waals surface area contributed by atoms with E-state index in [9.17, 15) is 24.0 Å². The summed E-state index contributed by atoms with van der Waals surface area (Å²) in [5.74, 6) is -2.65. The van der Waals surface area contributed by atoms with Gasteiger partial charge in [-0.3, -0.25) is 24.0 Å². The number of carbonyl (C=O) groups excluding carboxylic acids is 4. The number of carboxylic acids is 1. The van der Waals surface area contributed by atoms with E-state index in [1.165, 1.54) is 14.0 Å². The van der Waals surface area contributed by atoms with Gasteiger partial charge < -0.3 is 25.8 Å². The zero-order chi connectivity index (χ0) is 26.5. The fourth-order valence-electron chi connectivity index (χ4n) is 3.50. The number of rotatable bonds is 14. The number of thioether (sulfide) groups is 1. The van der Waals surface area contributed by atoms with Gasteiger partial charge in [0.05, 0.1) is 13.0 Å². The average Bonchev–Trinajstić information content (AvgIpc) is 2.79. The van der Waals surface area contributed by atoms with Gasteiger partial charge in [-0.2, -0.15) is 0 Å². The lowest BCUT2D eigenvalue weighted by atomic mass is 9.90. The maximum absolute atomic E-state index is 13.4. The Labute approximate surface area is 209 Å². The molecule has 1 aromatic rings. The molecule has 0 aliphatic carbocycles. The Morgan fingerprint density at radius 1 is 1.06 bits per heavy atom. The Bertz CT molecular complexity index is 890. The molecule has 0 aliphatic heterocycles. The number of aliphatic carboxylic acids is 1. The van der Waals surface area contributed by atoms with E-state index < -0.39 is 41.5 Å². The van der Waals surface area contributed by atoms with Crippen LogP contribution in [-0.4, -0.2) is 65.9 Å². The van der Waals surface area contributed by atoms with Crippen LogP contribution in [-0.2, 0) is 30.4 Å². The van der Waals surface area contributed by atoms with Gasteiger partial charge >= 0.3 is 5.97 Å². The van der Waals surface area contributed by atoms with Gasteiger partial charge in [0.25, 0.3) is 0 Å². The van der Waals surface area contributed by atoms with Gasteiger partial charge in [0.2, 0.25) is 17.7 Å². The lowest BCUT2D eigenvalue weighted by Gasteiger charge is -2.28. The molecular weight excluding hydrogens is 474 g/mol. The molecule has 0 saturated carbocycles. The molecule has 3 atom stereocenters. The first kappa shape index (κ1) is 30.0. The van der Waals surface area contributed by atoms with Gasteiger partial charge in [0.1, 0.15) is 18.3 Å². The van der Waals surface area contributed by atoms with Crippen LogP contribution in [0.2, 0.25) is 0 Å². The third kappa shape index (κ3) is 11.3. The molecule has 0 aromatic heterocycles. The van der Waals surface area contributed by atoms with Crippen molar-refractivity contribution in [3.63, 3.8) is 0 Å². The van der Waals surface area contributed by atoms with Crippen molar-refractivity contribution >= 4 is 40.6 Å². The number of hydrogen-bond donors (Lipinski definition) is 4. The summed E-state index contributed by atoms with van der Waals surface area (Å²) in [6.07, 6.45) is 0.380. The number of methoxy groups -OCH3 is 1. The molecule has 0 heterocycles. The highest BCUT2D eigenvalue weighted by Crippen LogP contribution is 2.29. The van der Waals surface area contributed by atoms with Crippen LogP contribution in [0.1, 0.15) is 39.2 Å². The predicted octanol–water partition coefficient (Wildman–Crippen LogP) is 1.37. The van der Waals surface area contributed by atoms with E-state index in [4.69, 9.17) is 9.84 Å². The lowest BCUT2D eigenvalue weighted by Crippen LogP contribution is -2.50. The summed E-state index contributed by atoms with van der Waals surface area (Å²) in [5, 5.41) is 15.4. The maximum atomic E-state index is 13.4. The molecule has 194 valence electrons. The van der Waals surface area contributed by atoms with Crippen LogP contribution in [0.3, 0.4) is 0 Å². The average molecular weight is 510 g/mol. The third-order valence-corrected chi connectivity index (χ3v) is 6.26. The molecule has 0 spiro atoms. The van der Waals surface area contributed by atoms with Crippen molar-refractivity contribution in [1.82, 2.24) is 16.0 Å². The molecule has 1 aromatic carbocycles. The van der Waals surface area contributed by atoms with Crippen LogP contribution in [0.4, 0.5) is 0 Å². The van der Waals surface area contributed by atoms with Gasteiger partial charge in [-0.25, -0.2) is 0 Å². The van der Waals surface area contributed by atoms with E-state index in [0.717, 1.165) is 17.3 Å². The van der Waals surface area contributed by atoms with Crippen molar-refractivity contribution in [3.8, 4) is 5.75 Å². The summed E-state index contributed by atoms with van der Waals surface area (Å²) in [5.41, 5.74) is 0.808. The van der Waals surface area contributed by atoms with E-state index >= 15 is 0 Å². The molecule has 11 heteroatoms. The Kier molecular flexibility index (Phi) is 12.9. The zero-order valence-electron chi connectivity index (χ0n) is 20.8. The predicted molar refractivity (Wildman–Crippen MR) is 133 cm³/mol. The molecule has 0 radical (unpaired) electrons. The standard InChI is InChI=1S/C24H35N3O7S/c1-14(2)10-18(20(35-15(3)28)12-21(29)26-13-22(30)31)23(32)27-19(24(33)25-4)11-16-6-8-17(34-5)9-7-16/h6-9,14,18-20H,10-13H2,1-5H3,(H,25,33)(H,26,29)(H,27,32)(H,30,31)/t18?,19-,20?/m0/s1. The number of amides is 3. The van der Waals surface area contributed by atoms with Crippen molar-refractivity contribution in [1.29, 1.82) is 0 Å². The second-order valence-electron chi connectivity index (χ2n) is 8.49. The van der Waals surface area contributed by atoms with Crippen LogP contribution in [0.15, 0.2) is 24.3 Å². The third-order valence-electron chi connectivity index (χ3n) is 5.13. The van der Waals surface area contributed by atoms with Crippen LogP contribution >= 0.6 is 11.8 Å². The van der Waals surface area contributed by atoms with Gasteiger partial charge in [-0.05, 0) is 30.0 Å². The quantitative estimate of drug-likeness (QED) is 0.294. The summed E-state index contributed by atoms with van der Waals surface area (Å²) in [6.45, 7) is 4.60. The van der Waals surface area contributed by atoms with E-state index in [0.29, 0.717) is 12.2 Å². The molecule has 35 heavy (non-hydrogen) atoms. The van der Waals surface area contributed by atoms with E-state index in [1.54, 1.807) is 31.4 Å². The minimum atomic E-state index is -1.20. The topological polar surface area (TPSA) is 151 Å². The number of nitrogens with one attached hydrogen (secondary N) is 3. The summed E-state index contributed by atoms with van der Waals surface area (Å²) in [7, 11) is 3.02. The van der Waals surface area contributed by atoms with E-state index in [1.807, 2.05) is 13.8 Å². The SMILES string of the molecule is CNC(=O)[C@H](Cc1ccc(OC)cc1)NC(=O)C(CC(C)C)C(CC(=O)NCC(=O)O)SC(C)=O. The smallest absolute Gasteiger partial charge is 0.322 e. The fourth-order valence-corrected chi connectivity index (χ4v) is 4.56. The molecule has 0 saturated heterocycles. The zero-order valence-corrected chi connectivity index (χ0v) is 21.6. The van der Waals surface area contributed by atoms with Gasteiger partial charge in [-0.15, -0.1) is 0 Å². The molecule has 0 aliphatic rings. The summed E-state index contributed by atoms with van der Waals surface area (Å²) in [6, 6.07) is 6.24. The highest BCUT2D eigenvalue weighted by atomic mass is 32.2. The van der Waals surface area contributed by atoms with Crippen molar-refractivity contribution in [2.75, 3.05) is 20.7 Å². The molecule has 2 unspecified atom stereocenters. The van der Waals surface area contributed by atoms with Gasteiger partial charge in [0.15, 0.2) is 5.12 Å². The van der Waals surface area contributed by atoms with Gasteiger partial charge in [0, 0.05) is 32.1 Å². The molecule has 1 rings (SSSR count). The van der Waals surface area contributed by atoms with Crippen LogP contribution in [0.5, 0.6) is 5.75 Å². The maximum Gasteiger partial charge on any atom is 0.322 e. The number of hydrogen-bond acceptors (Lipinski definition) is 7. The molecule has 0 fully saturated rings. The first-order chi connectivity index (χ1) is 16.5. The van der Waals surface area contributed by atoms with E-state index in [-0.39, 0.29) is 29.8 Å². The molecule has 10 nitrogen and oxygen atoms in total. The van der Waals surface area contributed by atoms with Crippen LogP contribution in [0, 0.1) is 11.8 Å². The second kappa shape index (κ2) is 15.0. The number of carboxylic acid groups (broad SMARTS) is 1. The Balaban J connectivity index is 3.13. The van der Waals surface area contributed by atoms with Crippen molar-refractivity contribution < 1.29 is 33.8 Å².